The highest BCUT2D eigenvalue weighted by atomic mass is 32.1. The van der Waals surface area contributed by atoms with Crippen molar-refractivity contribution in [2.45, 2.75) is 20.3 Å². The first kappa shape index (κ1) is 13.4. The van der Waals surface area contributed by atoms with E-state index in [2.05, 4.69) is 19.2 Å². The molecule has 1 nitrogen and oxygen atoms in total. The molecule has 0 amide bonds. The van der Waals surface area contributed by atoms with Crippen LogP contribution in [0.2, 0.25) is 0 Å². The SMILES string of the molecule is CC(C)CNCCc1csc2c(F)cc(F)cc12. The van der Waals surface area contributed by atoms with Gasteiger partial charge in [0.2, 0.25) is 0 Å². The van der Waals surface area contributed by atoms with Crippen LogP contribution in [-0.4, -0.2) is 13.1 Å². The summed E-state index contributed by atoms with van der Waals surface area (Å²) in [7, 11) is 0. The van der Waals surface area contributed by atoms with Gasteiger partial charge < -0.3 is 5.32 Å². The first-order valence-electron chi connectivity index (χ1n) is 6.13. The zero-order chi connectivity index (χ0) is 13.1. The summed E-state index contributed by atoms with van der Waals surface area (Å²) in [5.74, 6) is -0.356. The lowest BCUT2D eigenvalue weighted by Crippen LogP contribution is -2.21. The molecule has 1 aromatic heterocycles. The number of nitrogens with one attached hydrogen (secondary N) is 1. The Hall–Kier alpha value is -1.00. The Morgan fingerprint density at radius 3 is 2.78 bits per heavy atom. The second kappa shape index (κ2) is 5.76. The van der Waals surface area contributed by atoms with Gasteiger partial charge in [-0.2, -0.15) is 0 Å². The van der Waals surface area contributed by atoms with Crippen molar-refractivity contribution in [1.29, 1.82) is 0 Å². The molecule has 18 heavy (non-hydrogen) atoms. The van der Waals surface area contributed by atoms with Crippen LogP contribution in [-0.2, 0) is 6.42 Å². The van der Waals surface area contributed by atoms with Crippen LogP contribution < -0.4 is 5.32 Å². The van der Waals surface area contributed by atoms with E-state index in [1.54, 1.807) is 0 Å². The summed E-state index contributed by atoms with van der Waals surface area (Å²) < 4.78 is 27.3. The van der Waals surface area contributed by atoms with E-state index < -0.39 is 11.6 Å². The van der Waals surface area contributed by atoms with Crippen LogP contribution in [0.5, 0.6) is 0 Å². The van der Waals surface area contributed by atoms with Gasteiger partial charge in [0.15, 0.2) is 0 Å². The van der Waals surface area contributed by atoms with E-state index in [1.807, 2.05) is 5.38 Å². The van der Waals surface area contributed by atoms with E-state index >= 15 is 0 Å². The first-order chi connectivity index (χ1) is 8.58. The summed E-state index contributed by atoms with van der Waals surface area (Å²) >= 11 is 1.34. The lowest BCUT2D eigenvalue weighted by Gasteiger charge is -2.06. The minimum atomic E-state index is -0.505. The van der Waals surface area contributed by atoms with Gasteiger partial charge in [-0.3, -0.25) is 0 Å². The third kappa shape index (κ3) is 3.06. The van der Waals surface area contributed by atoms with Crippen LogP contribution in [0.1, 0.15) is 19.4 Å². The number of thiophene rings is 1. The number of fused-ring (bicyclic) bond motifs is 1. The summed E-state index contributed by atoms with van der Waals surface area (Å²) in [6.07, 6.45) is 0.801. The standard InChI is InChI=1S/C14H17F2NS/c1-9(2)7-17-4-3-10-8-18-14-12(10)5-11(15)6-13(14)16/h5-6,8-9,17H,3-4,7H2,1-2H3. The van der Waals surface area contributed by atoms with Gasteiger partial charge in [-0.15, -0.1) is 11.3 Å². The maximum atomic E-state index is 13.5. The average molecular weight is 269 g/mol. The average Bonchev–Trinajstić information content (AvgIpc) is 2.67. The molecule has 0 bridgehead atoms. The predicted molar refractivity (Wildman–Crippen MR) is 73.2 cm³/mol. The Bertz CT molecular complexity index is 534. The van der Waals surface area contributed by atoms with E-state index in [9.17, 15) is 8.78 Å². The van der Waals surface area contributed by atoms with Crippen LogP contribution in [0, 0.1) is 17.6 Å². The molecule has 0 fully saturated rings. The van der Waals surface area contributed by atoms with Gasteiger partial charge in [-0.05, 0) is 42.4 Å². The normalized spacial score (nSPS) is 11.6. The highest BCUT2D eigenvalue weighted by Gasteiger charge is 2.10. The number of hydrogen-bond acceptors (Lipinski definition) is 2. The number of rotatable bonds is 5. The number of benzene rings is 1. The molecule has 1 aromatic carbocycles. The highest BCUT2D eigenvalue weighted by molar-refractivity contribution is 7.17. The van der Waals surface area contributed by atoms with Crippen molar-refractivity contribution in [2.24, 2.45) is 5.92 Å². The third-order valence-corrected chi connectivity index (χ3v) is 3.85. The Balaban J connectivity index is 2.09. The van der Waals surface area contributed by atoms with Gasteiger partial charge in [-0.25, -0.2) is 8.78 Å². The molecule has 2 rings (SSSR count). The lowest BCUT2D eigenvalue weighted by atomic mass is 10.1. The zero-order valence-electron chi connectivity index (χ0n) is 10.6. The largest absolute Gasteiger partial charge is 0.316 e. The fraction of sp³-hybridized carbons (Fsp3) is 0.429. The first-order valence-corrected chi connectivity index (χ1v) is 7.01. The highest BCUT2D eigenvalue weighted by Crippen LogP contribution is 2.29. The maximum absolute atomic E-state index is 13.5. The molecule has 0 spiro atoms. The molecule has 4 heteroatoms. The minimum Gasteiger partial charge on any atom is -0.316 e. The molecule has 0 unspecified atom stereocenters. The summed E-state index contributed by atoms with van der Waals surface area (Å²) in [6, 6.07) is 2.37. The van der Waals surface area contributed by atoms with Crippen LogP contribution >= 0.6 is 11.3 Å². The van der Waals surface area contributed by atoms with Gasteiger partial charge in [-0.1, -0.05) is 13.8 Å². The van der Waals surface area contributed by atoms with Gasteiger partial charge in [0, 0.05) is 11.5 Å². The molecular weight excluding hydrogens is 252 g/mol. The van der Waals surface area contributed by atoms with E-state index in [1.165, 1.54) is 17.4 Å². The van der Waals surface area contributed by atoms with Crippen molar-refractivity contribution in [2.75, 3.05) is 13.1 Å². The van der Waals surface area contributed by atoms with E-state index in [0.29, 0.717) is 16.0 Å². The third-order valence-electron chi connectivity index (χ3n) is 2.80. The monoisotopic (exact) mass is 269 g/mol. The molecule has 1 N–H and O–H groups in total. The van der Waals surface area contributed by atoms with Crippen LogP contribution in [0.25, 0.3) is 10.1 Å². The second-order valence-electron chi connectivity index (χ2n) is 4.87. The molecule has 0 aliphatic heterocycles. The van der Waals surface area contributed by atoms with Crippen LogP contribution in [0.3, 0.4) is 0 Å². The Kier molecular flexibility index (Phi) is 4.30. The zero-order valence-corrected chi connectivity index (χ0v) is 11.4. The molecule has 2 aromatic rings. The van der Waals surface area contributed by atoms with Crippen molar-refractivity contribution < 1.29 is 8.78 Å². The molecular formula is C14H17F2NS. The van der Waals surface area contributed by atoms with Gasteiger partial charge >= 0.3 is 0 Å². The molecule has 1 heterocycles. The molecule has 98 valence electrons. The molecule has 0 saturated carbocycles. The van der Waals surface area contributed by atoms with Crippen molar-refractivity contribution >= 4 is 21.4 Å². The lowest BCUT2D eigenvalue weighted by molar-refractivity contribution is 0.555. The molecule has 0 atom stereocenters. The topological polar surface area (TPSA) is 12.0 Å². The van der Waals surface area contributed by atoms with Crippen molar-refractivity contribution in [3.8, 4) is 0 Å². The van der Waals surface area contributed by atoms with Crippen molar-refractivity contribution in [3.63, 3.8) is 0 Å². The Morgan fingerprint density at radius 1 is 1.28 bits per heavy atom. The summed E-state index contributed by atoms with van der Waals surface area (Å²) in [4.78, 5) is 0. The molecule has 0 radical (unpaired) electrons. The number of halogens is 2. The van der Waals surface area contributed by atoms with E-state index in [4.69, 9.17) is 0 Å². The van der Waals surface area contributed by atoms with Gasteiger partial charge in [0.1, 0.15) is 11.6 Å². The Labute approximate surface area is 110 Å². The van der Waals surface area contributed by atoms with Gasteiger partial charge in [0.25, 0.3) is 0 Å². The van der Waals surface area contributed by atoms with E-state index in [-0.39, 0.29) is 0 Å². The minimum absolute atomic E-state index is 0.462. The smallest absolute Gasteiger partial charge is 0.143 e. The van der Waals surface area contributed by atoms with Gasteiger partial charge in [0.05, 0.1) is 4.70 Å². The van der Waals surface area contributed by atoms with Crippen molar-refractivity contribution in [3.05, 3.63) is 34.7 Å². The quantitative estimate of drug-likeness (QED) is 0.810. The number of hydrogen-bond donors (Lipinski definition) is 1. The molecule has 0 aliphatic rings. The summed E-state index contributed by atoms with van der Waals surface area (Å²) in [5, 5.41) is 5.97. The fourth-order valence-electron chi connectivity index (χ4n) is 1.92. The van der Waals surface area contributed by atoms with Crippen LogP contribution in [0.15, 0.2) is 17.5 Å². The Morgan fingerprint density at radius 2 is 2.06 bits per heavy atom. The van der Waals surface area contributed by atoms with E-state index in [0.717, 1.165) is 31.1 Å². The fourth-order valence-corrected chi connectivity index (χ4v) is 2.91. The van der Waals surface area contributed by atoms with Crippen molar-refractivity contribution in [1.82, 2.24) is 5.32 Å². The molecule has 0 aliphatic carbocycles. The second-order valence-corrected chi connectivity index (χ2v) is 5.75. The van der Waals surface area contributed by atoms with Crippen LogP contribution in [0.4, 0.5) is 8.78 Å². The predicted octanol–water partition coefficient (Wildman–Crippen LogP) is 3.97. The molecule has 0 saturated heterocycles. The maximum Gasteiger partial charge on any atom is 0.143 e. The summed E-state index contributed by atoms with van der Waals surface area (Å²) in [5.41, 5.74) is 1.02. The summed E-state index contributed by atoms with van der Waals surface area (Å²) in [6.45, 7) is 6.10.